The first-order valence-corrected chi connectivity index (χ1v) is 8.27. The second-order valence-corrected chi connectivity index (χ2v) is 7.72. The third kappa shape index (κ3) is 4.57. The molecule has 5 heteroatoms. The third-order valence-electron chi connectivity index (χ3n) is 4.96. The van der Waals surface area contributed by atoms with E-state index < -0.39 is 0 Å². The minimum atomic E-state index is -0.236. The summed E-state index contributed by atoms with van der Waals surface area (Å²) < 4.78 is 1.76. The number of aromatic nitrogens is 2. The van der Waals surface area contributed by atoms with Gasteiger partial charge >= 0.3 is 0 Å². The van der Waals surface area contributed by atoms with Gasteiger partial charge in [0.25, 0.3) is 0 Å². The zero-order valence-corrected chi connectivity index (χ0v) is 14.3. The Labute approximate surface area is 133 Å². The Bertz CT molecular complexity index is 509. The molecule has 1 heterocycles. The SMILES string of the molecule is C[C@@H]1CC(C)(C)CC[C@@H]1NC[C@@H](Cc1cnn(C)c1)C(N)=O. The van der Waals surface area contributed by atoms with Gasteiger partial charge in [-0.1, -0.05) is 20.8 Å². The van der Waals surface area contributed by atoms with Crippen LogP contribution in [0.5, 0.6) is 0 Å². The Morgan fingerprint density at radius 3 is 2.86 bits per heavy atom. The fourth-order valence-corrected chi connectivity index (χ4v) is 3.68. The topological polar surface area (TPSA) is 72.9 Å². The van der Waals surface area contributed by atoms with Crippen LogP contribution in [0.4, 0.5) is 0 Å². The number of aryl methyl sites for hydroxylation is 1. The van der Waals surface area contributed by atoms with E-state index in [9.17, 15) is 4.79 Å². The molecule has 2 rings (SSSR count). The molecule has 124 valence electrons. The highest BCUT2D eigenvalue weighted by Crippen LogP contribution is 2.38. The number of primary amides is 1. The van der Waals surface area contributed by atoms with Gasteiger partial charge in [0.05, 0.1) is 12.1 Å². The molecule has 0 radical (unpaired) electrons. The van der Waals surface area contributed by atoms with Crippen LogP contribution < -0.4 is 11.1 Å². The maximum Gasteiger partial charge on any atom is 0.222 e. The van der Waals surface area contributed by atoms with E-state index in [1.54, 1.807) is 4.68 Å². The first-order valence-electron chi connectivity index (χ1n) is 8.27. The lowest BCUT2D eigenvalue weighted by Gasteiger charge is -2.40. The molecule has 3 N–H and O–H groups in total. The number of hydrogen-bond acceptors (Lipinski definition) is 3. The van der Waals surface area contributed by atoms with Crippen LogP contribution in [0.1, 0.15) is 45.6 Å². The van der Waals surface area contributed by atoms with Gasteiger partial charge in [0.2, 0.25) is 5.91 Å². The van der Waals surface area contributed by atoms with Crippen LogP contribution in [0, 0.1) is 17.3 Å². The summed E-state index contributed by atoms with van der Waals surface area (Å²) in [5.41, 5.74) is 7.08. The molecular formula is C17H30N4O. The van der Waals surface area contributed by atoms with Crippen molar-refractivity contribution in [3.05, 3.63) is 18.0 Å². The van der Waals surface area contributed by atoms with Crippen molar-refractivity contribution in [2.45, 2.75) is 52.5 Å². The lowest BCUT2D eigenvalue weighted by atomic mass is 9.70. The molecule has 0 unspecified atom stereocenters. The number of carbonyl (C=O) groups is 1. The number of rotatable bonds is 6. The largest absolute Gasteiger partial charge is 0.369 e. The van der Waals surface area contributed by atoms with E-state index in [0.717, 1.165) is 5.56 Å². The minimum absolute atomic E-state index is 0.175. The number of nitrogens with zero attached hydrogens (tertiary/aromatic N) is 2. The van der Waals surface area contributed by atoms with Crippen molar-refractivity contribution in [1.29, 1.82) is 0 Å². The molecule has 1 aromatic heterocycles. The highest BCUT2D eigenvalue weighted by molar-refractivity contribution is 5.77. The van der Waals surface area contributed by atoms with Gasteiger partial charge < -0.3 is 11.1 Å². The average molecular weight is 306 g/mol. The molecule has 0 spiro atoms. The summed E-state index contributed by atoms with van der Waals surface area (Å²) in [6.07, 6.45) is 8.05. The summed E-state index contributed by atoms with van der Waals surface area (Å²) in [4.78, 5) is 11.7. The van der Waals surface area contributed by atoms with Crippen molar-refractivity contribution < 1.29 is 4.79 Å². The summed E-state index contributed by atoms with van der Waals surface area (Å²) in [6, 6.07) is 0.490. The molecule has 1 aliphatic rings. The second kappa shape index (κ2) is 6.82. The maximum atomic E-state index is 11.7. The van der Waals surface area contributed by atoms with Crippen LogP contribution in [0.3, 0.4) is 0 Å². The Morgan fingerprint density at radius 1 is 1.59 bits per heavy atom. The molecule has 1 aliphatic carbocycles. The van der Waals surface area contributed by atoms with Gasteiger partial charge in [-0.3, -0.25) is 9.48 Å². The summed E-state index contributed by atoms with van der Waals surface area (Å²) in [5, 5.41) is 7.74. The van der Waals surface area contributed by atoms with Crippen molar-refractivity contribution in [3.63, 3.8) is 0 Å². The van der Waals surface area contributed by atoms with Gasteiger partial charge in [0.15, 0.2) is 0 Å². The van der Waals surface area contributed by atoms with Crippen molar-refractivity contribution in [1.82, 2.24) is 15.1 Å². The summed E-state index contributed by atoms with van der Waals surface area (Å²) in [7, 11) is 1.88. The van der Waals surface area contributed by atoms with Crippen molar-refractivity contribution in [2.75, 3.05) is 6.54 Å². The molecule has 3 atom stereocenters. The van der Waals surface area contributed by atoms with Gasteiger partial charge in [-0.15, -0.1) is 0 Å². The Balaban J connectivity index is 1.88. The number of nitrogens with one attached hydrogen (secondary N) is 1. The quantitative estimate of drug-likeness (QED) is 0.842. The van der Waals surface area contributed by atoms with E-state index in [0.29, 0.717) is 30.3 Å². The maximum absolute atomic E-state index is 11.7. The molecule has 1 amide bonds. The standard InChI is InChI=1S/C17H30N4O/c1-12-8-17(2,3)6-5-15(12)19-10-14(16(18)22)7-13-9-20-21(4)11-13/h9,11-12,14-15,19H,5-8,10H2,1-4H3,(H2,18,22)/t12-,14-,15+/m1/s1. The minimum Gasteiger partial charge on any atom is -0.369 e. The molecule has 0 bridgehead atoms. The fraction of sp³-hybridized carbons (Fsp3) is 0.765. The van der Waals surface area contributed by atoms with Gasteiger partial charge in [0.1, 0.15) is 0 Å². The van der Waals surface area contributed by atoms with E-state index >= 15 is 0 Å². The van der Waals surface area contributed by atoms with Gasteiger partial charge in [-0.05, 0) is 42.6 Å². The molecule has 1 aromatic rings. The fourth-order valence-electron chi connectivity index (χ4n) is 3.68. The van der Waals surface area contributed by atoms with Gasteiger partial charge in [-0.25, -0.2) is 0 Å². The van der Waals surface area contributed by atoms with Gasteiger partial charge in [0, 0.05) is 25.8 Å². The Kier molecular flexibility index (Phi) is 5.27. The molecular weight excluding hydrogens is 276 g/mol. The number of amides is 1. The molecule has 1 fully saturated rings. The zero-order valence-electron chi connectivity index (χ0n) is 14.3. The number of carbonyl (C=O) groups excluding carboxylic acids is 1. The van der Waals surface area contributed by atoms with E-state index in [2.05, 4.69) is 31.2 Å². The normalized spacial score (nSPS) is 25.8. The van der Waals surface area contributed by atoms with Crippen LogP contribution in [0.15, 0.2) is 12.4 Å². The molecule has 5 nitrogen and oxygen atoms in total. The van der Waals surface area contributed by atoms with E-state index in [-0.39, 0.29) is 11.8 Å². The predicted molar refractivity (Wildman–Crippen MR) is 88.2 cm³/mol. The lowest BCUT2D eigenvalue weighted by molar-refractivity contribution is -0.121. The highest BCUT2D eigenvalue weighted by Gasteiger charge is 2.32. The molecule has 22 heavy (non-hydrogen) atoms. The van der Waals surface area contributed by atoms with Crippen LogP contribution in [0.25, 0.3) is 0 Å². The molecule has 0 aliphatic heterocycles. The highest BCUT2D eigenvalue weighted by atomic mass is 16.1. The Morgan fingerprint density at radius 2 is 2.32 bits per heavy atom. The van der Waals surface area contributed by atoms with E-state index in [1.807, 2.05) is 19.4 Å². The molecule has 0 aromatic carbocycles. The van der Waals surface area contributed by atoms with Gasteiger partial charge in [-0.2, -0.15) is 5.10 Å². The van der Waals surface area contributed by atoms with Crippen LogP contribution in [0.2, 0.25) is 0 Å². The number of nitrogens with two attached hydrogens (primary N) is 1. The molecule has 1 saturated carbocycles. The second-order valence-electron chi connectivity index (χ2n) is 7.72. The van der Waals surface area contributed by atoms with Crippen molar-refractivity contribution in [2.24, 2.45) is 30.0 Å². The lowest BCUT2D eigenvalue weighted by Crippen LogP contribution is -2.45. The zero-order chi connectivity index (χ0) is 16.3. The Hall–Kier alpha value is -1.36. The first kappa shape index (κ1) is 17.0. The predicted octanol–water partition coefficient (Wildman–Crippen LogP) is 1.87. The van der Waals surface area contributed by atoms with E-state index in [4.69, 9.17) is 5.73 Å². The average Bonchev–Trinajstić information content (AvgIpc) is 2.80. The first-order chi connectivity index (χ1) is 10.3. The third-order valence-corrected chi connectivity index (χ3v) is 4.96. The van der Waals surface area contributed by atoms with Crippen LogP contribution in [-0.4, -0.2) is 28.3 Å². The summed E-state index contributed by atoms with van der Waals surface area (Å²) in [6.45, 7) is 7.64. The molecule has 0 saturated heterocycles. The number of hydrogen-bond donors (Lipinski definition) is 2. The van der Waals surface area contributed by atoms with Crippen molar-refractivity contribution >= 4 is 5.91 Å². The van der Waals surface area contributed by atoms with Crippen molar-refractivity contribution in [3.8, 4) is 0 Å². The van der Waals surface area contributed by atoms with Crippen LogP contribution >= 0.6 is 0 Å². The van der Waals surface area contributed by atoms with E-state index in [1.165, 1.54) is 19.3 Å². The smallest absolute Gasteiger partial charge is 0.222 e. The van der Waals surface area contributed by atoms with Crippen LogP contribution in [-0.2, 0) is 18.3 Å². The monoisotopic (exact) mass is 306 g/mol. The summed E-state index contributed by atoms with van der Waals surface area (Å²) in [5.74, 6) is 0.224. The summed E-state index contributed by atoms with van der Waals surface area (Å²) >= 11 is 0.